The van der Waals surface area contributed by atoms with Crippen molar-refractivity contribution in [2.75, 3.05) is 5.73 Å². The molecule has 16 heavy (non-hydrogen) atoms. The molecule has 1 aromatic heterocycles. The highest BCUT2D eigenvalue weighted by atomic mass is 16.5. The number of nitrogens with two attached hydrogens (primary N) is 1. The van der Waals surface area contributed by atoms with E-state index in [0.717, 1.165) is 11.5 Å². The van der Waals surface area contributed by atoms with Crippen molar-refractivity contribution in [2.45, 2.75) is 20.5 Å². The van der Waals surface area contributed by atoms with E-state index in [-0.39, 0.29) is 0 Å². The van der Waals surface area contributed by atoms with Crippen LogP contribution in [0.5, 0.6) is 5.75 Å². The lowest BCUT2D eigenvalue weighted by Gasteiger charge is -2.05. The Hall–Kier alpha value is -1.97. The molecular formula is C12H14N2O2. The smallest absolute Gasteiger partial charge is 0.232 e. The third kappa shape index (κ3) is 2.16. The first-order chi connectivity index (χ1) is 7.66. The second-order valence-electron chi connectivity index (χ2n) is 3.58. The van der Waals surface area contributed by atoms with Gasteiger partial charge in [-0.05, 0) is 26.0 Å². The SMILES string of the molecule is Cc1nc(COc2ccccc2N)oc1C. The summed E-state index contributed by atoms with van der Waals surface area (Å²) in [4.78, 5) is 4.22. The summed E-state index contributed by atoms with van der Waals surface area (Å²) in [6, 6.07) is 7.35. The monoisotopic (exact) mass is 218 g/mol. The average molecular weight is 218 g/mol. The molecule has 84 valence electrons. The number of anilines is 1. The molecular weight excluding hydrogens is 204 g/mol. The van der Waals surface area contributed by atoms with Gasteiger partial charge in [-0.15, -0.1) is 0 Å². The summed E-state index contributed by atoms with van der Waals surface area (Å²) in [5.74, 6) is 2.04. The van der Waals surface area contributed by atoms with Gasteiger partial charge in [0.1, 0.15) is 11.5 Å². The lowest BCUT2D eigenvalue weighted by atomic mass is 10.3. The number of aromatic nitrogens is 1. The Labute approximate surface area is 94.1 Å². The number of aryl methyl sites for hydroxylation is 2. The van der Waals surface area contributed by atoms with E-state index in [1.165, 1.54) is 0 Å². The van der Waals surface area contributed by atoms with Crippen molar-refractivity contribution in [3.63, 3.8) is 0 Å². The molecule has 4 heteroatoms. The van der Waals surface area contributed by atoms with E-state index in [9.17, 15) is 0 Å². The molecule has 2 N–H and O–H groups in total. The van der Waals surface area contributed by atoms with Crippen LogP contribution in [0.15, 0.2) is 28.7 Å². The Balaban J connectivity index is 2.05. The van der Waals surface area contributed by atoms with Crippen LogP contribution in [0.25, 0.3) is 0 Å². The number of oxazole rings is 1. The molecule has 0 saturated heterocycles. The normalized spacial score (nSPS) is 10.4. The van der Waals surface area contributed by atoms with Crippen molar-refractivity contribution < 1.29 is 9.15 Å². The van der Waals surface area contributed by atoms with Crippen molar-refractivity contribution in [3.8, 4) is 5.75 Å². The minimum Gasteiger partial charge on any atom is -0.482 e. The predicted octanol–water partition coefficient (Wildman–Crippen LogP) is 2.45. The number of para-hydroxylation sites is 2. The maximum Gasteiger partial charge on any atom is 0.232 e. The molecule has 1 heterocycles. The largest absolute Gasteiger partial charge is 0.482 e. The van der Waals surface area contributed by atoms with Gasteiger partial charge >= 0.3 is 0 Å². The van der Waals surface area contributed by atoms with Crippen molar-refractivity contribution >= 4 is 5.69 Å². The summed E-state index contributed by atoms with van der Waals surface area (Å²) in [6.45, 7) is 4.07. The second-order valence-corrected chi connectivity index (χ2v) is 3.58. The highest BCUT2D eigenvalue weighted by Crippen LogP contribution is 2.21. The Kier molecular flexibility index (Phi) is 2.81. The van der Waals surface area contributed by atoms with Crippen LogP contribution in [0.4, 0.5) is 5.69 Å². The topological polar surface area (TPSA) is 61.3 Å². The van der Waals surface area contributed by atoms with E-state index in [4.69, 9.17) is 14.9 Å². The van der Waals surface area contributed by atoms with E-state index in [1.807, 2.05) is 32.0 Å². The van der Waals surface area contributed by atoms with Crippen LogP contribution in [0, 0.1) is 13.8 Å². The first-order valence-electron chi connectivity index (χ1n) is 5.07. The number of rotatable bonds is 3. The van der Waals surface area contributed by atoms with Gasteiger partial charge in [0.25, 0.3) is 0 Å². The molecule has 2 rings (SSSR count). The lowest BCUT2D eigenvalue weighted by Crippen LogP contribution is -1.98. The maximum absolute atomic E-state index is 5.74. The fraction of sp³-hybridized carbons (Fsp3) is 0.250. The van der Waals surface area contributed by atoms with Gasteiger partial charge in [0.15, 0.2) is 6.61 Å². The van der Waals surface area contributed by atoms with E-state index < -0.39 is 0 Å². The summed E-state index contributed by atoms with van der Waals surface area (Å²) >= 11 is 0. The van der Waals surface area contributed by atoms with Gasteiger partial charge in [0.2, 0.25) is 5.89 Å². The number of nitrogens with zero attached hydrogens (tertiary/aromatic N) is 1. The molecule has 0 aliphatic rings. The molecule has 0 bridgehead atoms. The van der Waals surface area contributed by atoms with E-state index in [2.05, 4.69) is 4.98 Å². The summed E-state index contributed by atoms with van der Waals surface area (Å²) < 4.78 is 10.9. The predicted molar refractivity (Wildman–Crippen MR) is 61.2 cm³/mol. The molecule has 0 amide bonds. The number of hydrogen-bond donors (Lipinski definition) is 1. The van der Waals surface area contributed by atoms with Crippen LogP contribution in [-0.4, -0.2) is 4.98 Å². The maximum atomic E-state index is 5.74. The van der Waals surface area contributed by atoms with Gasteiger partial charge in [0, 0.05) is 0 Å². The molecule has 0 aliphatic heterocycles. The van der Waals surface area contributed by atoms with Crippen LogP contribution >= 0.6 is 0 Å². The Bertz CT molecular complexity index is 472. The fourth-order valence-electron chi connectivity index (χ4n) is 1.35. The highest BCUT2D eigenvalue weighted by Gasteiger charge is 2.06. The van der Waals surface area contributed by atoms with Crippen LogP contribution in [0.3, 0.4) is 0 Å². The summed E-state index contributed by atoms with van der Waals surface area (Å²) in [5, 5.41) is 0. The number of hydrogen-bond acceptors (Lipinski definition) is 4. The van der Waals surface area contributed by atoms with Crippen LogP contribution in [0.2, 0.25) is 0 Å². The first-order valence-corrected chi connectivity index (χ1v) is 5.07. The molecule has 0 radical (unpaired) electrons. The molecule has 4 nitrogen and oxygen atoms in total. The van der Waals surface area contributed by atoms with Gasteiger partial charge in [-0.1, -0.05) is 12.1 Å². The molecule has 0 atom stereocenters. The molecule has 1 aromatic carbocycles. The molecule has 0 unspecified atom stereocenters. The molecule has 0 aliphatic carbocycles. The van der Waals surface area contributed by atoms with Crippen LogP contribution in [-0.2, 0) is 6.61 Å². The summed E-state index contributed by atoms with van der Waals surface area (Å²) in [5.41, 5.74) is 7.25. The highest BCUT2D eigenvalue weighted by molar-refractivity contribution is 5.51. The minimum atomic E-state index is 0.295. The van der Waals surface area contributed by atoms with Crippen LogP contribution in [0.1, 0.15) is 17.3 Å². The molecule has 0 fully saturated rings. The van der Waals surface area contributed by atoms with Crippen molar-refractivity contribution in [1.29, 1.82) is 0 Å². The third-order valence-electron chi connectivity index (χ3n) is 2.34. The van der Waals surface area contributed by atoms with Gasteiger partial charge in [-0.25, -0.2) is 4.98 Å². The molecule has 0 spiro atoms. The quantitative estimate of drug-likeness (QED) is 0.804. The summed E-state index contributed by atoms with van der Waals surface area (Å²) in [7, 11) is 0. The van der Waals surface area contributed by atoms with E-state index >= 15 is 0 Å². The Morgan fingerprint density at radius 3 is 2.69 bits per heavy atom. The zero-order valence-electron chi connectivity index (χ0n) is 9.36. The van der Waals surface area contributed by atoms with Crippen molar-refractivity contribution in [3.05, 3.63) is 41.6 Å². The van der Waals surface area contributed by atoms with Crippen molar-refractivity contribution in [2.24, 2.45) is 0 Å². The van der Waals surface area contributed by atoms with Gasteiger partial charge in [-0.3, -0.25) is 0 Å². The lowest BCUT2D eigenvalue weighted by molar-refractivity contribution is 0.262. The zero-order valence-corrected chi connectivity index (χ0v) is 9.36. The number of nitrogen functional groups attached to an aromatic ring is 1. The molecule has 0 saturated carbocycles. The third-order valence-corrected chi connectivity index (χ3v) is 2.34. The standard InChI is InChI=1S/C12H14N2O2/c1-8-9(2)16-12(14-8)7-15-11-6-4-3-5-10(11)13/h3-6H,7,13H2,1-2H3. The Morgan fingerprint density at radius 1 is 1.31 bits per heavy atom. The minimum absolute atomic E-state index is 0.295. The van der Waals surface area contributed by atoms with E-state index in [0.29, 0.717) is 23.9 Å². The number of ether oxygens (including phenoxy) is 1. The van der Waals surface area contributed by atoms with Crippen LogP contribution < -0.4 is 10.5 Å². The summed E-state index contributed by atoms with van der Waals surface area (Å²) in [6.07, 6.45) is 0. The average Bonchev–Trinajstić information content (AvgIpc) is 2.57. The van der Waals surface area contributed by atoms with Gasteiger partial charge in [-0.2, -0.15) is 0 Å². The fourth-order valence-corrected chi connectivity index (χ4v) is 1.35. The number of benzene rings is 1. The first kappa shape index (κ1) is 10.5. The van der Waals surface area contributed by atoms with E-state index in [1.54, 1.807) is 6.07 Å². The Morgan fingerprint density at radius 2 is 2.06 bits per heavy atom. The molecule has 2 aromatic rings. The van der Waals surface area contributed by atoms with Gasteiger partial charge < -0.3 is 14.9 Å². The van der Waals surface area contributed by atoms with Crippen molar-refractivity contribution in [1.82, 2.24) is 4.98 Å². The second kappa shape index (κ2) is 4.26. The van der Waals surface area contributed by atoms with Gasteiger partial charge in [0.05, 0.1) is 11.4 Å². The zero-order chi connectivity index (χ0) is 11.5.